The first kappa shape index (κ1) is 18.6. The number of aryl methyl sites for hydroxylation is 1. The van der Waals surface area contributed by atoms with Crippen molar-refractivity contribution >= 4 is 62.5 Å². The second-order valence-corrected chi connectivity index (χ2v) is 8.13. The predicted octanol–water partition coefficient (Wildman–Crippen LogP) is 4.47. The van der Waals surface area contributed by atoms with E-state index in [1.807, 2.05) is 13.0 Å². The first-order chi connectivity index (χ1) is 12.4. The third-order valence-electron chi connectivity index (χ3n) is 3.46. The van der Waals surface area contributed by atoms with E-state index in [1.54, 1.807) is 17.4 Å². The molecule has 0 bridgehead atoms. The number of thiophene rings is 1. The number of carboxylic acids is 1. The monoisotopic (exact) mass is 407 g/mol. The Balaban J connectivity index is 1.59. The van der Waals surface area contributed by atoms with Crippen molar-refractivity contribution in [3.8, 4) is 0 Å². The van der Waals surface area contributed by atoms with E-state index in [2.05, 4.69) is 15.3 Å². The molecular weight excluding hydrogens is 394 g/mol. The number of anilines is 1. The number of amides is 1. The molecule has 0 aliphatic carbocycles. The van der Waals surface area contributed by atoms with Crippen molar-refractivity contribution in [3.63, 3.8) is 0 Å². The third kappa shape index (κ3) is 4.32. The van der Waals surface area contributed by atoms with Gasteiger partial charge in [-0.1, -0.05) is 11.6 Å². The van der Waals surface area contributed by atoms with Crippen LogP contribution in [0.1, 0.15) is 21.7 Å². The van der Waals surface area contributed by atoms with E-state index in [1.165, 1.54) is 30.2 Å². The van der Waals surface area contributed by atoms with Crippen molar-refractivity contribution in [3.05, 3.63) is 46.1 Å². The number of nitrogens with one attached hydrogen (secondary N) is 1. The highest BCUT2D eigenvalue weighted by molar-refractivity contribution is 7.99. The lowest BCUT2D eigenvalue weighted by Crippen LogP contribution is -2.13. The number of nitrogens with zero attached hydrogens (tertiary/aromatic N) is 2. The normalized spacial score (nSPS) is 10.8. The topological polar surface area (TPSA) is 92.2 Å². The number of aromatic nitrogens is 2. The predicted molar refractivity (Wildman–Crippen MR) is 105 cm³/mol. The molecule has 0 atom stereocenters. The Hall–Kier alpha value is -2.16. The summed E-state index contributed by atoms with van der Waals surface area (Å²) in [5.41, 5.74) is 0.356. The van der Waals surface area contributed by atoms with Crippen LogP contribution in [0.15, 0.2) is 35.6 Å². The summed E-state index contributed by atoms with van der Waals surface area (Å²) in [5, 5.41) is 13.7. The van der Waals surface area contributed by atoms with Crippen molar-refractivity contribution in [2.45, 2.75) is 18.4 Å². The number of carbonyl (C=O) groups excluding carboxylic acids is 1. The fraction of sp³-hybridized carbons (Fsp3) is 0.176. The lowest BCUT2D eigenvalue weighted by molar-refractivity contribution is -0.115. The number of aromatic carboxylic acids is 1. The molecule has 0 aliphatic rings. The van der Waals surface area contributed by atoms with Crippen LogP contribution in [0.25, 0.3) is 10.2 Å². The van der Waals surface area contributed by atoms with Crippen LogP contribution in [0.2, 0.25) is 5.02 Å². The molecular formula is C17H14ClN3O3S2. The van der Waals surface area contributed by atoms with Crippen molar-refractivity contribution in [2.75, 3.05) is 11.1 Å². The molecule has 6 nitrogen and oxygen atoms in total. The minimum atomic E-state index is -1.14. The van der Waals surface area contributed by atoms with Crippen molar-refractivity contribution in [2.24, 2.45) is 0 Å². The van der Waals surface area contributed by atoms with Crippen molar-refractivity contribution in [1.82, 2.24) is 9.97 Å². The van der Waals surface area contributed by atoms with E-state index < -0.39 is 5.97 Å². The number of thioether (sulfide) groups is 1. The molecule has 3 aromatic rings. The molecule has 0 aliphatic heterocycles. The number of hydrogen-bond acceptors (Lipinski definition) is 6. The Bertz CT molecular complexity index is 991. The van der Waals surface area contributed by atoms with Gasteiger partial charge in [-0.25, -0.2) is 14.8 Å². The fourth-order valence-electron chi connectivity index (χ4n) is 2.30. The average Bonchev–Trinajstić information content (AvgIpc) is 2.97. The molecule has 2 aromatic heterocycles. The van der Waals surface area contributed by atoms with Gasteiger partial charge in [0.15, 0.2) is 0 Å². The number of halogens is 1. The maximum absolute atomic E-state index is 12.1. The zero-order valence-electron chi connectivity index (χ0n) is 13.7. The van der Waals surface area contributed by atoms with Crippen molar-refractivity contribution < 1.29 is 14.7 Å². The molecule has 0 radical (unpaired) electrons. The zero-order chi connectivity index (χ0) is 18.7. The van der Waals surface area contributed by atoms with Gasteiger partial charge in [-0.3, -0.25) is 4.79 Å². The van der Waals surface area contributed by atoms with Crippen LogP contribution < -0.4 is 5.32 Å². The Kier molecular flexibility index (Phi) is 5.75. The largest absolute Gasteiger partial charge is 0.478 e. The van der Waals surface area contributed by atoms with E-state index in [9.17, 15) is 9.59 Å². The summed E-state index contributed by atoms with van der Waals surface area (Å²) in [6.07, 6.45) is 1.80. The first-order valence-corrected chi connectivity index (χ1v) is 9.78. The summed E-state index contributed by atoms with van der Waals surface area (Å²) >= 11 is 8.92. The molecule has 1 amide bonds. The Morgan fingerprint density at radius 2 is 2.12 bits per heavy atom. The number of hydrogen-bond donors (Lipinski definition) is 2. The first-order valence-electron chi connectivity index (χ1n) is 7.60. The van der Waals surface area contributed by atoms with E-state index in [4.69, 9.17) is 16.7 Å². The maximum atomic E-state index is 12.1. The van der Waals surface area contributed by atoms with E-state index >= 15 is 0 Å². The van der Waals surface area contributed by atoms with Crippen LogP contribution in [0.5, 0.6) is 0 Å². The van der Waals surface area contributed by atoms with Gasteiger partial charge in [-0.15, -0.1) is 23.1 Å². The third-order valence-corrected chi connectivity index (χ3v) is 5.76. The second kappa shape index (κ2) is 8.03. The summed E-state index contributed by atoms with van der Waals surface area (Å²) in [7, 11) is 0. The van der Waals surface area contributed by atoms with Crippen LogP contribution in [0.3, 0.4) is 0 Å². The minimum Gasteiger partial charge on any atom is -0.478 e. The summed E-state index contributed by atoms with van der Waals surface area (Å²) in [4.78, 5) is 33.8. The molecule has 0 saturated heterocycles. The van der Waals surface area contributed by atoms with Gasteiger partial charge in [-0.05, 0) is 31.2 Å². The number of rotatable bonds is 6. The van der Waals surface area contributed by atoms with Crippen molar-refractivity contribution in [1.29, 1.82) is 0 Å². The summed E-state index contributed by atoms with van der Waals surface area (Å²) in [6, 6.07) is 6.41. The van der Waals surface area contributed by atoms with Gasteiger partial charge in [0.05, 0.1) is 10.6 Å². The highest BCUT2D eigenvalue weighted by Crippen LogP contribution is 2.30. The lowest BCUT2D eigenvalue weighted by Gasteiger charge is -2.07. The molecule has 2 N–H and O–H groups in total. The molecule has 2 heterocycles. The summed E-state index contributed by atoms with van der Waals surface area (Å²) in [5.74, 6) is -0.796. The average molecular weight is 408 g/mol. The molecule has 26 heavy (non-hydrogen) atoms. The second-order valence-electron chi connectivity index (χ2n) is 5.40. The Labute approximate surface area is 162 Å². The molecule has 9 heteroatoms. The van der Waals surface area contributed by atoms with E-state index in [0.717, 1.165) is 20.1 Å². The molecule has 134 valence electrons. The highest BCUT2D eigenvalue weighted by atomic mass is 35.5. The van der Waals surface area contributed by atoms with E-state index in [0.29, 0.717) is 11.4 Å². The van der Waals surface area contributed by atoms with Gasteiger partial charge in [-0.2, -0.15) is 0 Å². The number of benzene rings is 1. The Morgan fingerprint density at radius 1 is 1.31 bits per heavy atom. The molecule has 0 saturated carbocycles. The van der Waals surface area contributed by atoms with E-state index in [-0.39, 0.29) is 22.9 Å². The van der Waals surface area contributed by atoms with Crippen LogP contribution >= 0.6 is 34.7 Å². The van der Waals surface area contributed by atoms with Gasteiger partial charge in [0.25, 0.3) is 0 Å². The van der Waals surface area contributed by atoms with Crippen LogP contribution in [-0.4, -0.2) is 32.7 Å². The Morgan fingerprint density at radius 3 is 2.88 bits per heavy atom. The van der Waals surface area contributed by atoms with Gasteiger partial charge in [0, 0.05) is 28.1 Å². The minimum absolute atomic E-state index is 0.0463. The van der Waals surface area contributed by atoms with Gasteiger partial charge in [0.2, 0.25) is 5.91 Å². The zero-order valence-corrected chi connectivity index (χ0v) is 16.0. The summed E-state index contributed by atoms with van der Waals surface area (Å²) in [6.45, 7) is 2.02. The lowest BCUT2D eigenvalue weighted by atomic mass is 10.2. The number of fused-ring (bicyclic) bond motifs is 1. The number of carbonyl (C=O) groups is 2. The van der Waals surface area contributed by atoms with Crippen LogP contribution in [-0.2, 0) is 4.79 Å². The fourth-order valence-corrected chi connectivity index (χ4v) is 4.32. The molecule has 1 aromatic carbocycles. The van der Waals surface area contributed by atoms with Crippen LogP contribution in [0, 0.1) is 6.92 Å². The van der Waals surface area contributed by atoms with Crippen LogP contribution in [0.4, 0.5) is 5.69 Å². The molecule has 0 spiro atoms. The standard InChI is InChI=1S/C17H14ClN3O3S2/c1-9-6-12-15(19-8-20-16(12)26-9)25-5-4-14(22)21-10-2-3-13(18)11(7-10)17(23)24/h2-3,6-8H,4-5H2,1H3,(H,21,22)(H,23,24). The van der Waals surface area contributed by atoms with Gasteiger partial charge < -0.3 is 10.4 Å². The molecule has 0 unspecified atom stereocenters. The molecule has 0 fully saturated rings. The SMILES string of the molecule is Cc1cc2c(SCCC(=O)Nc3ccc(Cl)c(C(=O)O)c3)ncnc2s1. The maximum Gasteiger partial charge on any atom is 0.337 e. The smallest absolute Gasteiger partial charge is 0.337 e. The summed E-state index contributed by atoms with van der Waals surface area (Å²) < 4.78 is 0. The van der Waals surface area contributed by atoms with Gasteiger partial charge in [0.1, 0.15) is 16.2 Å². The van der Waals surface area contributed by atoms with Gasteiger partial charge >= 0.3 is 5.97 Å². The molecule has 3 rings (SSSR count). The number of carboxylic acid groups (broad SMARTS) is 1. The highest BCUT2D eigenvalue weighted by Gasteiger charge is 2.12. The quantitative estimate of drug-likeness (QED) is 0.462.